The number of aromatic nitrogens is 3. The third-order valence-electron chi connectivity index (χ3n) is 5.09. The van der Waals surface area contributed by atoms with E-state index in [0.717, 1.165) is 13.7 Å². The predicted molar refractivity (Wildman–Crippen MR) is 113 cm³/mol. The fourth-order valence-electron chi connectivity index (χ4n) is 3.16. The molecule has 1 heterocycles. The van der Waals surface area contributed by atoms with Gasteiger partial charge in [-0.15, -0.1) is 0 Å². The maximum Gasteiger partial charge on any atom is 0.500 e. The summed E-state index contributed by atoms with van der Waals surface area (Å²) in [7, 11) is 4.65. The van der Waals surface area contributed by atoms with E-state index < -0.39 is 34.7 Å². The van der Waals surface area contributed by atoms with Crippen molar-refractivity contribution in [2.24, 2.45) is 7.05 Å². The second kappa shape index (κ2) is 11.9. The summed E-state index contributed by atoms with van der Waals surface area (Å²) in [6, 6.07) is 0.823. The molecule has 0 aromatic carbocycles. The molecule has 0 atom stereocenters. The van der Waals surface area contributed by atoms with Gasteiger partial charge in [0.15, 0.2) is 0 Å². The standard InChI is InChI=1S/C16H33N3O9Si2/c1-17-14(20)18(10-8-12-29(23-2,24-3)25-4)16(22)19(15(17)21)11-9-13-30(26-5,27-6)28-7/h8-13H2,1-7H3. The van der Waals surface area contributed by atoms with E-state index in [4.69, 9.17) is 26.6 Å². The Hall–Kier alpha value is -1.40. The molecule has 0 aliphatic carbocycles. The number of nitrogens with zero attached hydrogens (tertiary/aromatic N) is 3. The summed E-state index contributed by atoms with van der Waals surface area (Å²) in [4.78, 5) is 37.8. The van der Waals surface area contributed by atoms with E-state index in [0.29, 0.717) is 24.9 Å². The second-order valence-corrected chi connectivity index (χ2v) is 12.7. The van der Waals surface area contributed by atoms with Gasteiger partial charge in [0.2, 0.25) is 0 Å². The summed E-state index contributed by atoms with van der Waals surface area (Å²) in [5, 5.41) is 0. The van der Waals surface area contributed by atoms with Gasteiger partial charge in [0.1, 0.15) is 0 Å². The summed E-state index contributed by atoms with van der Waals surface area (Å²) >= 11 is 0. The topological polar surface area (TPSA) is 121 Å². The van der Waals surface area contributed by atoms with Crippen LogP contribution in [0.15, 0.2) is 14.4 Å². The van der Waals surface area contributed by atoms with Crippen molar-refractivity contribution in [1.29, 1.82) is 0 Å². The van der Waals surface area contributed by atoms with Crippen molar-refractivity contribution in [2.75, 3.05) is 42.7 Å². The molecule has 12 nitrogen and oxygen atoms in total. The molecule has 14 heteroatoms. The van der Waals surface area contributed by atoms with Gasteiger partial charge in [-0.25, -0.2) is 28.1 Å². The Kier molecular flexibility index (Phi) is 10.5. The maximum absolute atomic E-state index is 12.8. The first kappa shape index (κ1) is 26.6. The first-order valence-corrected chi connectivity index (χ1v) is 13.3. The Morgan fingerprint density at radius 2 is 0.900 bits per heavy atom. The summed E-state index contributed by atoms with van der Waals surface area (Å²) in [6.07, 6.45) is 0.810. The van der Waals surface area contributed by atoms with Crippen LogP contribution < -0.4 is 17.1 Å². The highest BCUT2D eigenvalue weighted by atomic mass is 28.4. The van der Waals surface area contributed by atoms with E-state index in [1.807, 2.05) is 0 Å². The highest BCUT2D eigenvalue weighted by Crippen LogP contribution is 2.16. The molecular formula is C16H33N3O9Si2. The van der Waals surface area contributed by atoms with E-state index in [-0.39, 0.29) is 13.1 Å². The molecule has 1 aromatic heterocycles. The Balaban J connectivity index is 3.07. The molecule has 0 N–H and O–H groups in total. The normalized spacial score (nSPS) is 12.5. The van der Waals surface area contributed by atoms with E-state index in [2.05, 4.69) is 0 Å². The molecule has 0 amide bonds. The van der Waals surface area contributed by atoms with Crippen LogP contribution in [-0.2, 0) is 46.7 Å². The minimum absolute atomic E-state index is 0.101. The van der Waals surface area contributed by atoms with Gasteiger partial charge in [-0.05, 0) is 12.8 Å². The highest BCUT2D eigenvalue weighted by Gasteiger charge is 2.38. The maximum atomic E-state index is 12.8. The molecule has 0 bridgehead atoms. The van der Waals surface area contributed by atoms with Crippen molar-refractivity contribution in [3.63, 3.8) is 0 Å². The van der Waals surface area contributed by atoms with E-state index in [1.165, 1.54) is 49.7 Å². The minimum atomic E-state index is -2.83. The van der Waals surface area contributed by atoms with Crippen LogP contribution in [0.1, 0.15) is 12.8 Å². The molecule has 0 saturated heterocycles. The Bertz CT molecular complexity index is 763. The van der Waals surface area contributed by atoms with Crippen LogP contribution in [0.5, 0.6) is 0 Å². The Morgan fingerprint density at radius 3 is 1.17 bits per heavy atom. The van der Waals surface area contributed by atoms with Crippen LogP contribution in [0.2, 0.25) is 12.1 Å². The molecule has 0 unspecified atom stereocenters. The molecule has 0 aliphatic heterocycles. The van der Waals surface area contributed by atoms with Gasteiger partial charge in [0.05, 0.1) is 0 Å². The molecule has 1 aromatic rings. The van der Waals surface area contributed by atoms with Crippen molar-refractivity contribution in [3.05, 3.63) is 31.5 Å². The Labute approximate surface area is 177 Å². The minimum Gasteiger partial charge on any atom is -0.377 e. The fourth-order valence-corrected chi connectivity index (χ4v) is 6.56. The quantitative estimate of drug-likeness (QED) is 0.325. The Morgan fingerprint density at radius 1 is 0.600 bits per heavy atom. The third-order valence-corrected chi connectivity index (χ3v) is 10.8. The van der Waals surface area contributed by atoms with Gasteiger partial charge in [-0.2, -0.15) is 0 Å². The smallest absolute Gasteiger partial charge is 0.377 e. The monoisotopic (exact) mass is 467 g/mol. The zero-order valence-electron chi connectivity index (χ0n) is 18.8. The lowest BCUT2D eigenvalue weighted by Crippen LogP contribution is -2.54. The van der Waals surface area contributed by atoms with Crippen LogP contribution in [0.4, 0.5) is 0 Å². The predicted octanol–water partition coefficient (Wildman–Crippen LogP) is -0.755. The molecule has 0 saturated carbocycles. The molecule has 0 aliphatic rings. The average Bonchev–Trinajstić information content (AvgIpc) is 2.78. The van der Waals surface area contributed by atoms with Crippen molar-refractivity contribution in [2.45, 2.75) is 38.0 Å². The van der Waals surface area contributed by atoms with Crippen molar-refractivity contribution in [1.82, 2.24) is 13.7 Å². The van der Waals surface area contributed by atoms with Gasteiger partial charge < -0.3 is 26.6 Å². The van der Waals surface area contributed by atoms with E-state index in [9.17, 15) is 14.4 Å². The molecule has 1 rings (SSSR count). The van der Waals surface area contributed by atoms with Crippen LogP contribution in [0, 0.1) is 0 Å². The van der Waals surface area contributed by atoms with Crippen LogP contribution >= 0.6 is 0 Å². The molecular weight excluding hydrogens is 434 g/mol. The SMILES string of the molecule is CO[Si](CCCn1c(=O)n(C)c(=O)n(CCC[Si](OC)(OC)OC)c1=O)(OC)OC. The zero-order valence-corrected chi connectivity index (χ0v) is 20.8. The van der Waals surface area contributed by atoms with Gasteiger partial charge in [-0.3, -0.25) is 0 Å². The van der Waals surface area contributed by atoms with Gasteiger partial charge in [0.25, 0.3) is 0 Å². The lowest BCUT2D eigenvalue weighted by molar-refractivity contribution is 0.122. The number of hydrogen-bond donors (Lipinski definition) is 0. The van der Waals surface area contributed by atoms with Crippen LogP contribution in [0.25, 0.3) is 0 Å². The van der Waals surface area contributed by atoms with Crippen molar-refractivity contribution >= 4 is 17.6 Å². The molecule has 0 spiro atoms. The first-order valence-electron chi connectivity index (χ1n) is 9.42. The molecule has 174 valence electrons. The van der Waals surface area contributed by atoms with Crippen molar-refractivity contribution < 1.29 is 26.6 Å². The lowest BCUT2D eigenvalue weighted by atomic mass is 10.4. The lowest BCUT2D eigenvalue weighted by Gasteiger charge is -2.24. The summed E-state index contributed by atoms with van der Waals surface area (Å²) < 4.78 is 35.1. The largest absolute Gasteiger partial charge is 0.500 e. The number of hydrogen-bond acceptors (Lipinski definition) is 9. The summed E-state index contributed by atoms with van der Waals surface area (Å²) in [5.74, 6) is 0. The van der Waals surface area contributed by atoms with Crippen molar-refractivity contribution in [3.8, 4) is 0 Å². The summed E-state index contributed by atoms with van der Waals surface area (Å²) in [6.45, 7) is 0.201. The zero-order chi connectivity index (χ0) is 22.9. The van der Waals surface area contributed by atoms with Crippen LogP contribution in [-0.4, -0.2) is 74.0 Å². The van der Waals surface area contributed by atoms with Gasteiger partial charge in [0, 0.05) is 74.9 Å². The second-order valence-electron chi connectivity index (χ2n) is 6.51. The molecule has 0 fully saturated rings. The van der Waals surface area contributed by atoms with Gasteiger partial charge in [-0.1, -0.05) is 0 Å². The molecule has 0 radical (unpaired) electrons. The van der Waals surface area contributed by atoms with Gasteiger partial charge >= 0.3 is 34.7 Å². The summed E-state index contributed by atoms with van der Waals surface area (Å²) in [5.41, 5.74) is -2.01. The van der Waals surface area contributed by atoms with E-state index >= 15 is 0 Å². The van der Waals surface area contributed by atoms with Crippen LogP contribution in [0.3, 0.4) is 0 Å². The average molecular weight is 468 g/mol. The van der Waals surface area contributed by atoms with E-state index in [1.54, 1.807) is 0 Å². The first-order chi connectivity index (χ1) is 14.2. The highest BCUT2D eigenvalue weighted by molar-refractivity contribution is 6.60. The molecule has 30 heavy (non-hydrogen) atoms. The fraction of sp³-hybridized carbons (Fsp3) is 0.812. The number of rotatable bonds is 14. The third kappa shape index (κ3) is 5.85.